The molecule has 0 aromatic rings. The molecule has 3 rings (SSSR count). The normalized spacial score (nSPS) is 42.8. The van der Waals surface area contributed by atoms with Crippen LogP contribution in [0.25, 0.3) is 0 Å². The van der Waals surface area contributed by atoms with E-state index in [-0.39, 0.29) is 36.5 Å². The van der Waals surface area contributed by atoms with Crippen LogP contribution in [0.5, 0.6) is 0 Å². The molecule has 1 saturated carbocycles. The molecule has 0 aromatic heterocycles. The third-order valence-electron chi connectivity index (χ3n) is 10.3. The standard InChI is InChI=1S/C32H59N3O7/c1-19-16-32(6,39-12)28(42-29-26(36)24(34(9)10)13-20(2)41-29)21(3)27(37)31(4,5)30(38)40-18-25(35(11)17-19)22-14-23(15-22)33(7)8/h19-26,28-29,36H,13-18H2,1-12H3/t19-,20-,21+,22-,23+,24+,25+,26-,28-,29+,32-/m1/s1. The molecular weight excluding hydrogens is 538 g/mol. The molecule has 3 fully saturated rings. The van der Waals surface area contributed by atoms with Crippen LogP contribution in [0.1, 0.15) is 67.2 Å². The zero-order valence-electron chi connectivity index (χ0n) is 28.3. The summed E-state index contributed by atoms with van der Waals surface area (Å²) in [6.07, 6.45) is 0.575. The lowest BCUT2D eigenvalue weighted by Gasteiger charge is -2.47. The van der Waals surface area contributed by atoms with Crippen molar-refractivity contribution < 1.29 is 33.6 Å². The summed E-state index contributed by atoms with van der Waals surface area (Å²) in [6.45, 7) is 12.2. The van der Waals surface area contributed by atoms with E-state index in [1.54, 1.807) is 27.9 Å². The molecule has 1 aliphatic carbocycles. The number of carbonyl (C=O) groups excluding carboxylic acids is 2. The number of Topliss-reactive ketones (excluding diaryl/α,β-unsaturated/α-hetero) is 1. The highest BCUT2D eigenvalue weighted by atomic mass is 16.7. The van der Waals surface area contributed by atoms with Crippen LogP contribution < -0.4 is 0 Å². The quantitative estimate of drug-likeness (QED) is 0.363. The number of ketones is 1. The Hall–Kier alpha value is -1.14. The van der Waals surface area contributed by atoms with Gasteiger partial charge in [0.25, 0.3) is 0 Å². The van der Waals surface area contributed by atoms with E-state index in [9.17, 15) is 14.7 Å². The molecule has 0 bridgehead atoms. The molecule has 2 aliphatic heterocycles. The van der Waals surface area contributed by atoms with Gasteiger partial charge in [0.2, 0.25) is 0 Å². The maximum Gasteiger partial charge on any atom is 0.319 e. The highest BCUT2D eigenvalue weighted by Gasteiger charge is 2.52. The molecule has 0 spiro atoms. The number of ether oxygens (including phenoxy) is 4. The third-order valence-corrected chi connectivity index (χ3v) is 10.3. The van der Waals surface area contributed by atoms with Crippen LogP contribution in [-0.2, 0) is 28.5 Å². The second kappa shape index (κ2) is 13.9. The van der Waals surface area contributed by atoms with E-state index in [0.29, 0.717) is 24.8 Å². The van der Waals surface area contributed by atoms with Crippen molar-refractivity contribution in [2.75, 3.05) is 55.5 Å². The topological polar surface area (TPSA) is 101 Å². The first-order chi connectivity index (χ1) is 19.4. The molecule has 2 heterocycles. The molecule has 1 N–H and O–H groups in total. The second-order valence-electron chi connectivity index (χ2n) is 14.7. The first kappa shape index (κ1) is 35.3. The predicted molar refractivity (Wildman–Crippen MR) is 162 cm³/mol. The van der Waals surface area contributed by atoms with Gasteiger partial charge in [-0.3, -0.25) is 14.5 Å². The van der Waals surface area contributed by atoms with Gasteiger partial charge in [-0.05, 0) is 100 Å². The third kappa shape index (κ3) is 7.56. The lowest BCUT2D eigenvalue weighted by molar-refractivity contribution is -0.295. The molecule has 0 unspecified atom stereocenters. The summed E-state index contributed by atoms with van der Waals surface area (Å²) in [5.74, 6) is -0.960. The minimum absolute atomic E-state index is 0.0627. The first-order valence-corrected chi connectivity index (χ1v) is 15.7. The van der Waals surface area contributed by atoms with Crippen LogP contribution in [0.15, 0.2) is 0 Å². The Morgan fingerprint density at radius 1 is 1.00 bits per heavy atom. The number of aliphatic hydroxyl groups is 1. The number of cyclic esters (lactones) is 1. The Morgan fingerprint density at radius 2 is 1.62 bits per heavy atom. The molecule has 42 heavy (non-hydrogen) atoms. The van der Waals surface area contributed by atoms with Gasteiger partial charge in [0.05, 0.1) is 17.8 Å². The summed E-state index contributed by atoms with van der Waals surface area (Å²) in [5.41, 5.74) is -2.29. The van der Waals surface area contributed by atoms with E-state index in [1.165, 1.54) is 0 Å². The fraction of sp³-hybridized carbons (Fsp3) is 0.938. The maximum absolute atomic E-state index is 14.1. The summed E-state index contributed by atoms with van der Waals surface area (Å²) in [4.78, 5) is 34.2. The average molecular weight is 598 g/mol. The Labute approximate surface area is 254 Å². The minimum Gasteiger partial charge on any atom is -0.463 e. The highest BCUT2D eigenvalue weighted by Crippen LogP contribution is 2.40. The van der Waals surface area contributed by atoms with Gasteiger partial charge in [0.1, 0.15) is 18.1 Å². The molecule has 0 radical (unpaired) electrons. The first-order valence-electron chi connectivity index (χ1n) is 15.7. The van der Waals surface area contributed by atoms with Crippen molar-refractivity contribution in [3.8, 4) is 0 Å². The molecule has 0 aromatic carbocycles. The Balaban J connectivity index is 1.96. The SMILES string of the molecule is CO[C@]1(C)C[C@@H](C)CN(C)[C@H]([C@H]2C[C@@H](N(C)C)C2)COC(=O)C(C)(C)C(=O)[C@H](C)[C@H]1O[C@@H]1O[C@H](C)C[C@H](N(C)C)[C@H]1O. The smallest absolute Gasteiger partial charge is 0.319 e. The van der Waals surface area contributed by atoms with E-state index >= 15 is 0 Å². The molecule has 2 saturated heterocycles. The van der Waals surface area contributed by atoms with Crippen molar-refractivity contribution in [1.29, 1.82) is 0 Å². The summed E-state index contributed by atoms with van der Waals surface area (Å²) >= 11 is 0. The van der Waals surface area contributed by atoms with E-state index in [0.717, 1.165) is 19.4 Å². The average Bonchev–Trinajstić information content (AvgIpc) is 2.87. The summed E-state index contributed by atoms with van der Waals surface area (Å²) in [5, 5.41) is 11.3. The molecule has 10 nitrogen and oxygen atoms in total. The number of aliphatic hydroxyl groups excluding tert-OH is 1. The Kier molecular flexibility index (Phi) is 11.7. The van der Waals surface area contributed by atoms with Crippen molar-refractivity contribution >= 4 is 11.8 Å². The number of carbonyl (C=O) groups is 2. The van der Waals surface area contributed by atoms with Crippen molar-refractivity contribution in [3.63, 3.8) is 0 Å². The molecule has 3 aliphatic rings. The fourth-order valence-electron chi connectivity index (χ4n) is 7.43. The van der Waals surface area contributed by atoms with E-state index in [2.05, 4.69) is 37.9 Å². The van der Waals surface area contributed by atoms with Gasteiger partial charge in [-0.1, -0.05) is 13.8 Å². The summed E-state index contributed by atoms with van der Waals surface area (Å²) < 4.78 is 24.9. The second-order valence-corrected chi connectivity index (χ2v) is 14.7. The molecular formula is C32H59N3O7. The van der Waals surface area contributed by atoms with E-state index in [4.69, 9.17) is 18.9 Å². The number of nitrogens with zero attached hydrogens (tertiary/aromatic N) is 3. The van der Waals surface area contributed by atoms with Gasteiger partial charge in [-0.2, -0.15) is 0 Å². The van der Waals surface area contributed by atoms with Crippen LogP contribution in [0, 0.1) is 23.2 Å². The van der Waals surface area contributed by atoms with Gasteiger partial charge >= 0.3 is 5.97 Å². The summed E-state index contributed by atoms with van der Waals surface area (Å²) in [7, 11) is 11.8. The van der Waals surface area contributed by atoms with E-state index < -0.39 is 41.4 Å². The van der Waals surface area contributed by atoms with Crippen molar-refractivity contribution in [2.45, 2.75) is 116 Å². The molecule has 0 amide bonds. The number of esters is 1. The number of hydrogen-bond acceptors (Lipinski definition) is 10. The predicted octanol–water partition coefficient (Wildman–Crippen LogP) is 2.66. The number of rotatable bonds is 6. The van der Waals surface area contributed by atoms with Gasteiger partial charge in [-0.15, -0.1) is 0 Å². The van der Waals surface area contributed by atoms with Gasteiger partial charge in [0.15, 0.2) is 12.1 Å². The Morgan fingerprint density at radius 3 is 2.17 bits per heavy atom. The lowest BCUT2D eigenvalue weighted by Crippen LogP contribution is -2.59. The Bertz CT molecular complexity index is 924. The zero-order chi connectivity index (χ0) is 31.7. The zero-order valence-corrected chi connectivity index (χ0v) is 28.3. The fourth-order valence-corrected chi connectivity index (χ4v) is 7.43. The maximum atomic E-state index is 14.1. The number of likely N-dealkylation sites (N-methyl/N-ethyl adjacent to an activating group) is 2. The highest BCUT2D eigenvalue weighted by molar-refractivity contribution is 6.04. The van der Waals surface area contributed by atoms with Crippen molar-refractivity contribution in [3.05, 3.63) is 0 Å². The van der Waals surface area contributed by atoms with Gasteiger partial charge in [0, 0.05) is 37.7 Å². The molecule has 244 valence electrons. The number of methoxy groups -OCH3 is 1. The van der Waals surface area contributed by atoms with Crippen LogP contribution in [0.2, 0.25) is 0 Å². The van der Waals surface area contributed by atoms with Crippen LogP contribution in [0.3, 0.4) is 0 Å². The van der Waals surface area contributed by atoms with Crippen molar-refractivity contribution in [2.24, 2.45) is 23.2 Å². The summed E-state index contributed by atoms with van der Waals surface area (Å²) in [6, 6.07) is 0.428. The van der Waals surface area contributed by atoms with Crippen LogP contribution in [0.4, 0.5) is 0 Å². The monoisotopic (exact) mass is 597 g/mol. The lowest BCUT2D eigenvalue weighted by atomic mass is 9.74. The van der Waals surface area contributed by atoms with Crippen molar-refractivity contribution in [1.82, 2.24) is 14.7 Å². The molecule has 10 heteroatoms. The van der Waals surface area contributed by atoms with Gasteiger partial charge in [-0.25, -0.2) is 0 Å². The number of hydrogen-bond donors (Lipinski definition) is 1. The minimum atomic E-state index is -1.39. The largest absolute Gasteiger partial charge is 0.463 e. The van der Waals surface area contributed by atoms with Crippen LogP contribution >= 0.6 is 0 Å². The van der Waals surface area contributed by atoms with E-state index in [1.807, 2.05) is 32.8 Å². The van der Waals surface area contributed by atoms with Crippen LogP contribution in [-0.4, -0.2) is 135 Å². The molecule has 9 atom stereocenters. The van der Waals surface area contributed by atoms with Gasteiger partial charge < -0.3 is 33.9 Å².